The lowest BCUT2D eigenvalue weighted by atomic mass is 9.82. The van der Waals surface area contributed by atoms with Gasteiger partial charge in [-0.1, -0.05) is 23.8 Å². The van der Waals surface area contributed by atoms with Gasteiger partial charge in [0.1, 0.15) is 5.75 Å². The zero-order valence-corrected chi connectivity index (χ0v) is 13.6. The number of halogens is 1. The average Bonchev–Trinajstić information content (AvgIpc) is 3.11. The van der Waals surface area contributed by atoms with Crippen molar-refractivity contribution < 1.29 is 19.4 Å². The van der Waals surface area contributed by atoms with Crippen LogP contribution in [-0.2, 0) is 9.59 Å². The van der Waals surface area contributed by atoms with Crippen LogP contribution in [0.2, 0.25) is 5.02 Å². The molecular formula is C17H18ClNO4. The van der Waals surface area contributed by atoms with Gasteiger partial charge in [-0.05, 0) is 36.8 Å². The van der Waals surface area contributed by atoms with E-state index in [1.54, 1.807) is 12.1 Å². The molecule has 2 N–H and O–H groups in total. The summed E-state index contributed by atoms with van der Waals surface area (Å²) in [5, 5.41) is 12.8. The van der Waals surface area contributed by atoms with Gasteiger partial charge in [-0.15, -0.1) is 0 Å². The first-order chi connectivity index (χ1) is 10.9. The summed E-state index contributed by atoms with van der Waals surface area (Å²) in [5.74, 6) is -2.02. The molecule has 2 bridgehead atoms. The number of amides is 1. The van der Waals surface area contributed by atoms with Gasteiger partial charge < -0.3 is 15.2 Å². The molecule has 122 valence electrons. The highest BCUT2D eigenvalue weighted by molar-refractivity contribution is 6.31. The number of carboxylic acid groups (broad SMARTS) is 1. The molecule has 1 saturated carbocycles. The first-order valence-corrected chi connectivity index (χ1v) is 7.86. The molecule has 0 aliphatic heterocycles. The normalized spacial score (nSPS) is 28.0. The SMILES string of the molecule is COc1cc(Cl)c(C)cc1NC(=O)C1C2C=CC(C2)C1C(=O)O. The van der Waals surface area contributed by atoms with Crippen molar-refractivity contribution in [1.29, 1.82) is 0 Å². The van der Waals surface area contributed by atoms with Crippen molar-refractivity contribution in [3.8, 4) is 5.75 Å². The minimum atomic E-state index is -0.916. The first-order valence-electron chi connectivity index (χ1n) is 7.48. The Labute approximate surface area is 139 Å². The molecule has 2 aliphatic carbocycles. The Morgan fingerprint density at radius 2 is 1.91 bits per heavy atom. The lowest BCUT2D eigenvalue weighted by Crippen LogP contribution is -2.36. The van der Waals surface area contributed by atoms with Crippen molar-refractivity contribution in [2.75, 3.05) is 12.4 Å². The van der Waals surface area contributed by atoms with E-state index >= 15 is 0 Å². The topological polar surface area (TPSA) is 75.6 Å². The van der Waals surface area contributed by atoms with E-state index < -0.39 is 17.8 Å². The number of aryl methyl sites for hydroxylation is 1. The molecule has 1 aromatic carbocycles. The number of fused-ring (bicyclic) bond motifs is 2. The van der Waals surface area contributed by atoms with E-state index in [1.165, 1.54) is 7.11 Å². The molecule has 4 atom stereocenters. The maximum Gasteiger partial charge on any atom is 0.307 e. The molecule has 1 amide bonds. The molecule has 1 fully saturated rings. The third-order valence-electron chi connectivity index (χ3n) is 4.79. The van der Waals surface area contributed by atoms with Gasteiger partial charge in [-0.3, -0.25) is 9.59 Å². The van der Waals surface area contributed by atoms with Gasteiger partial charge in [-0.2, -0.15) is 0 Å². The second-order valence-electron chi connectivity index (χ2n) is 6.13. The summed E-state index contributed by atoms with van der Waals surface area (Å²) in [6.07, 6.45) is 4.60. The summed E-state index contributed by atoms with van der Waals surface area (Å²) in [7, 11) is 1.50. The number of aliphatic carboxylic acids is 1. The van der Waals surface area contributed by atoms with Gasteiger partial charge in [0.15, 0.2) is 0 Å². The van der Waals surface area contributed by atoms with Gasteiger partial charge in [0.05, 0.1) is 24.6 Å². The molecule has 5 nitrogen and oxygen atoms in total. The smallest absolute Gasteiger partial charge is 0.307 e. The van der Waals surface area contributed by atoms with E-state index in [1.807, 2.05) is 19.1 Å². The molecule has 1 aromatic rings. The fourth-order valence-corrected chi connectivity index (χ4v) is 3.82. The minimum absolute atomic E-state index is 0.0134. The van der Waals surface area contributed by atoms with Crippen molar-refractivity contribution in [1.82, 2.24) is 0 Å². The molecule has 0 aromatic heterocycles. The lowest BCUT2D eigenvalue weighted by Gasteiger charge is -2.24. The quantitative estimate of drug-likeness (QED) is 0.829. The second kappa shape index (κ2) is 5.89. The number of benzene rings is 1. The molecule has 2 aliphatic rings. The van der Waals surface area contributed by atoms with Gasteiger partial charge >= 0.3 is 5.97 Å². The number of carbonyl (C=O) groups excluding carboxylic acids is 1. The van der Waals surface area contributed by atoms with Crippen LogP contribution in [0.5, 0.6) is 5.75 Å². The lowest BCUT2D eigenvalue weighted by molar-refractivity contribution is -0.146. The minimum Gasteiger partial charge on any atom is -0.495 e. The summed E-state index contributed by atoms with van der Waals surface area (Å²) in [6.45, 7) is 1.83. The first kappa shape index (κ1) is 15.9. The number of carbonyl (C=O) groups is 2. The van der Waals surface area contributed by atoms with Gasteiger partial charge in [-0.25, -0.2) is 0 Å². The Balaban J connectivity index is 1.86. The van der Waals surface area contributed by atoms with Gasteiger partial charge in [0.25, 0.3) is 0 Å². The zero-order chi connectivity index (χ0) is 16.7. The molecule has 0 heterocycles. The van der Waals surface area contributed by atoms with Crippen LogP contribution >= 0.6 is 11.6 Å². The Morgan fingerprint density at radius 1 is 1.26 bits per heavy atom. The highest BCUT2D eigenvalue weighted by atomic mass is 35.5. The second-order valence-corrected chi connectivity index (χ2v) is 6.54. The molecule has 3 rings (SSSR count). The molecule has 0 spiro atoms. The van der Waals surface area contributed by atoms with Crippen LogP contribution in [0.15, 0.2) is 24.3 Å². The van der Waals surface area contributed by atoms with E-state index in [2.05, 4.69) is 5.32 Å². The van der Waals surface area contributed by atoms with Crippen LogP contribution < -0.4 is 10.1 Å². The third kappa shape index (κ3) is 2.70. The number of allylic oxidation sites excluding steroid dienone is 2. The predicted molar refractivity (Wildman–Crippen MR) is 86.7 cm³/mol. The molecule has 0 saturated heterocycles. The summed E-state index contributed by atoms with van der Waals surface area (Å²) in [6, 6.07) is 3.37. The third-order valence-corrected chi connectivity index (χ3v) is 5.19. The van der Waals surface area contributed by atoms with Crippen molar-refractivity contribution in [3.63, 3.8) is 0 Å². The Bertz CT molecular complexity index is 700. The highest BCUT2D eigenvalue weighted by Crippen LogP contribution is 2.48. The van der Waals surface area contributed by atoms with Crippen molar-refractivity contribution in [3.05, 3.63) is 34.9 Å². The summed E-state index contributed by atoms with van der Waals surface area (Å²) in [5.41, 5.74) is 1.32. The number of nitrogens with one attached hydrogen (secondary N) is 1. The number of rotatable bonds is 4. The maximum atomic E-state index is 12.7. The number of methoxy groups -OCH3 is 1. The van der Waals surface area contributed by atoms with Crippen LogP contribution in [-0.4, -0.2) is 24.1 Å². The predicted octanol–water partition coefficient (Wildman–Crippen LogP) is 3.12. The summed E-state index contributed by atoms with van der Waals surface area (Å²) < 4.78 is 5.25. The largest absolute Gasteiger partial charge is 0.495 e. The standard InChI is InChI=1S/C17H18ClNO4/c1-8-5-12(13(23-2)7-11(8)18)19-16(20)14-9-3-4-10(6-9)15(14)17(21)22/h3-5,7,9-10,14-15H,6H2,1-2H3,(H,19,20)(H,21,22). The fraction of sp³-hybridized carbons (Fsp3) is 0.412. The summed E-state index contributed by atoms with van der Waals surface area (Å²) in [4.78, 5) is 24.2. The maximum absolute atomic E-state index is 12.7. The van der Waals surface area contributed by atoms with Crippen LogP contribution in [0.3, 0.4) is 0 Å². The summed E-state index contributed by atoms with van der Waals surface area (Å²) >= 11 is 6.06. The molecule has 23 heavy (non-hydrogen) atoms. The number of anilines is 1. The number of hydrogen-bond donors (Lipinski definition) is 2. The average molecular weight is 336 g/mol. The monoisotopic (exact) mass is 335 g/mol. The van der Waals surface area contributed by atoms with E-state index in [0.717, 1.165) is 12.0 Å². The van der Waals surface area contributed by atoms with Crippen LogP contribution in [0, 0.1) is 30.6 Å². The van der Waals surface area contributed by atoms with Crippen LogP contribution in [0.4, 0.5) is 5.69 Å². The molecule has 0 radical (unpaired) electrons. The number of ether oxygens (including phenoxy) is 1. The van der Waals surface area contributed by atoms with E-state index in [-0.39, 0.29) is 17.7 Å². The number of carboxylic acids is 1. The van der Waals surface area contributed by atoms with E-state index in [9.17, 15) is 14.7 Å². The van der Waals surface area contributed by atoms with Gasteiger partial charge in [0.2, 0.25) is 5.91 Å². The van der Waals surface area contributed by atoms with Crippen molar-refractivity contribution in [2.45, 2.75) is 13.3 Å². The Kier molecular flexibility index (Phi) is 4.06. The molecule has 4 unspecified atom stereocenters. The van der Waals surface area contributed by atoms with Crippen LogP contribution in [0.25, 0.3) is 0 Å². The van der Waals surface area contributed by atoms with Crippen molar-refractivity contribution in [2.24, 2.45) is 23.7 Å². The highest BCUT2D eigenvalue weighted by Gasteiger charge is 2.51. The molecular weight excluding hydrogens is 318 g/mol. The van der Waals surface area contributed by atoms with E-state index in [4.69, 9.17) is 16.3 Å². The number of hydrogen-bond acceptors (Lipinski definition) is 3. The molecule has 6 heteroatoms. The van der Waals surface area contributed by atoms with Gasteiger partial charge in [0, 0.05) is 11.1 Å². The van der Waals surface area contributed by atoms with E-state index in [0.29, 0.717) is 16.5 Å². The fourth-order valence-electron chi connectivity index (χ4n) is 3.66. The van der Waals surface area contributed by atoms with Crippen LogP contribution in [0.1, 0.15) is 12.0 Å². The zero-order valence-electron chi connectivity index (χ0n) is 12.9. The van der Waals surface area contributed by atoms with Crippen molar-refractivity contribution >= 4 is 29.2 Å². The Morgan fingerprint density at radius 3 is 2.52 bits per heavy atom. The Hall–Kier alpha value is -2.01.